The molecule has 0 aliphatic heterocycles. The monoisotopic (exact) mass is 186 g/mol. The van der Waals surface area contributed by atoms with Gasteiger partial charge in [0.15, 0.2) is 0 Å². The number of amides is 1. The number of hydrogen-bond acceptors (Lipinski definition) is 3. The van der Waals surface area contributed by atoms with Gasteiger partial charge in [0.1, 0.15) is 0 Å². The molecule has 76 valence electrons. The molecule has 1 atom stereocenters. The van der Waals surface area contributed by atoms with Crippen molar-refractivity contribution in [2.75, 3.05) is 0 Å². The molecule has 13 heavy (non-hydrogen) atoms. The Balaban J connectivity index is 3.56. The van der Waals surface area contributed by atoms with Crippen LogP contribution in [-0.2, 0) is 9.59 Å². The predicted octanol–water partition coefficient (Wildman–Crippen LogP) is -0.179. The van der Waals surface area contributed by atoms with E-state index in [0.717, 1.165) is 19.3 Å². The van der Waals surface area contributed by atoms with E-state index in [0.29, 0.717) is 6.42 Å². The highest BCUT2D eigenvalue weighted by Crippen LogP contribution is 1.98. The number of carboxylic acids is 1. The van der Waals surface area contributed by atoms with Gasteiger partial charge >= 0.3 is 0 Å². The van der Waals surface area contributed by atoms with Crippen LogP contribution in [-0.4, -0.2) is 17.9 Å². The molecule has 4 heteroatoms. The fourth-order valence-electron chi connectivity index (χ4n) is 0.908. The zero-order valence-corrected chi connectivity index (χ0v) is 8.13. The van der Waals surface area contributed by atoms with Crippen LogP contribution in [0.1, 0.15) is 39.5 Å². The van der Waals surface area contributed by atoms with Crippen LogP contribution in [0, 0.1) is 0 Å². The molecular formula is C9H16NO3-. The smallest absolute Gasteiger partial charge is 0.220 e. The lowest BCUT2D eigenvalue weighted by atomic mass is 10.2. The van der Waals surface area contributed by atoms with E-state index in [1.807, 2.05) is 6.92 Å². The lowest BCUT2D eigenvalue weighted by molar-refractivity contribution is -0.307. The van der Waals surface area contributed by atoms with E-state index in [9.17, 15) is 14.7 Å². The standard InChI is InChI=1S/C9H17NO3/c1-3-4-5-6-8(11)10-7(2)9(12)13/h7H,3-6H2,1-2H3,(H,10,11)(H,12,13)/p-1. The van der Waals surface area contributed by atoms with Crippen molar-refractivity contribution in [1.29, 1.82) is 0 Å². The van der Waals surface area contributed by atoms with Crippen LogP contribution in [0.25, 0.3) is 0 Å². The number of rotatable bonds is 6. The maximum absolute atomic E-state index is 11.0. The molecule has 0 aliphatic carbocycles. The molecule has 0 aromatic carbocycles. The predicted molar refractivity (Wildman–Crippen MR) is 46.8 cm³/mol. The lowest BCUT2D eigenvalue weighted by Gasteiger charge is -2.14. The molecule has 0 saturated carbocycles. The van der Waals surface area contributed by atoms with E-state index < -0.39 is 12.0 Å². The highest BCUT2D eigenvalue weighted by molar-refractivity contribution is 5.82. The van der Waals surface area contributed by atoms with Crippen LogP contribution in [0.4, 0.5) is 0 Å². The Hall–Kier alpha value is -1.06. The van der Waals surface area contributed by atoms with Gasteiger partial charge in [0.2, 0.25) is 5.91 Å². The average molecular weight is 186 g/mol. The number of carbonyl (C=O) groups excluding carboxylic acids is 2. The van der Waals surface area contributed by atoms with E-state index in [1.54, 1.807) is 0 Å². The van der Waals surface area contributed by atoms with Crippen molar-refractivity contribution in [3.8, 4) is 0 Å². The highest BCUT2D eigenvalue weighted by atomic mass is 16.4. The largest absolute Gasteiger partial charge is 0.548 e. The Morgan fingerprint density at radius 2 is 2.00 bits per heavy atom. The fourth-order valence-corrected chi connectivity index (χ4v) is 0.908. The Bertz CT molecular complexity index is 180. The zero-order valence-electron chi connectivity index (χ0n) is 8.13. The van der Waals surface area contributed by atoms with Gasteiger partial charge in [-0.25, -0.2) is 0 Å². The summed E-state index contributed by atoms with van der Waals surface area (Å²) in [6.45, 7) is 3.44. The topological polar surface area (TPSA) is 69.2 Å². The molecule has 0 heterocycles. The molecule has 4 nitrogen and oxygen atoms in total. The summed E-state index contributed by atoms with van der Waals surface area (Å²) in [5.74, 6) is -1.46. The van der Waals surface area contributed by atoms with Crippen molar-refractivity contribution >= 4 is 11.9 Å². The maximum Gasteiger partial charge on any atom is 0.220 e. The summed E-state index contributed by atoms with van der Waals surface area (Å²) in [4.78, 5) is 21.3. The second-order valence-corrected chi connectivity index (χ2v) is 3.07. The molecule has 0 saturated heterocycles. The minimum atomic E-state index is -1.25. The first kappa shape index (κ1) is 11.9. The Labute approximate surface area is 78.3 Å². The van der Waals surface area contributed by atoms with Crippen molar-refractivity contribution in [2.45, 2.75) is 45.6 Å². The van der Waals surface area contributed by atoms with Crippen LogP contribution < -0.4 is 10.4 Å². The lowest BCUT2D eigenvalue weighted by Crippen LogP contribution is -2.45. The highest BCUT2D eigenvalue weighted by Gasteiger charge is 2.06. The van der Waals surface area contributed by atoms with Gasteiger partial charge in [0.05, 0.1) is 12.0 Å². The molecule has 0 aromatic heterocycles. The molecule has 0 radical (unpaired) electrons. The maximum atomic E-state index is 11.0. The summed E-state index contributed by atoms with van der Waals surface area (Å²) in [6.07, 6.45) is 3.24. The number of carboxylic acid groups (broad SMARTS) is 1. The molecule has 0 fully saturated rings. The van der Waals surface area contributed by atoms with Crippen LogP contribution in [0.2, 0.25) is 0 Å². The third-order valence-corrected chi connectivity index (χ3v) is 1.74. The van der Waals surface area contributed by atoms with Crippen molar-refractivity contribution in [2.24, 2.45) is 0 Å². The van der Waals surface area contributed by atoms with Gasteiger partial charge in [-0.05, 0) is 13.3 Å². The molecule has 0 bridgehead atoms. The second-order valence-electron chi connectivity index (χ2n) is 3.07. The number of hydrogen-bond donors (Lipinski definition) is 1. The van der Waals surface area contributed by atoms with Crippen LogP contribution in [0.15, 0.2) is 0 Å². The van der Waals surface area contributed by atoms with E-state index in [4.69, 9.17) is 0 Å². The summed E-state index contributed by atoms with van der Waals surface area (Å²) < 4.78 is 0. The molecular weight excluding hydrogens is 170 g/mol. The summed E-state index contributed by atoms with van der Waals surface area (Å²) in [7, 11) is 0. The van der Waals surface area contributed by atoms with Gasteiger partial charge in [-0.1, -0.05) is 19.8 Å². The zero-order chi connectivity index (χ0) is 10.3. The Kier molecular flexibility index (Phi) is 5.93. The van der Waals surface area contributed by atoms with Gasteiger partial charge in [-0.2, -0.15) is 0 Å². The Morgan fingerprint density at radius 1 is 1.38 bits per heavy atom. The minimum Gasteiger partial charge on any atom is -0.548 e. The van der Waals surface area contributed by atoms with Gasteiger partial charge in [-0.15, -0.1) is 0 Å². The summed E-state index contributed by atoms with van der Waals surface area (Å²) in [6, 6.07) is -0.894. The van der Waals surface area contributed by atoms with Gasteiger partial charge in [-0.3, -0.25) is 4.79 Å². The molecule has 0 rings (SSSR count). The van der Waals surface area contributed by atoms with E-state index in [-0.39, 0.29) is 5.91 Å². The van der Waals surface area contributed by atoms with Crippen molar-refractivity contribution in [3.05, 3.63) is 0 Å². The van der Waals surface area contributed by atoms with E-state index >= 15 is 0 Å². The van der Waals surface area contributed by atoms with Crippen molar-refractivity contribution in [3.63, 3.8) is 0 Å². The summed E-state index contributed by atoms with van der Waals surface area (Å²) >= 11 is 0. The normalized spacial score (nSPS) is 12.2. The Morgan fingerprint density at radius 3 is 2.46 bits per heavy atom. The van der Waals surface area contributed by atoms with Crippen LogP contribution >= 0.6 is 0 Å². The third kappa shape index (κ3) is 6.13. The average Bonchev–Trinajstić information content (AvgIpc) is 2.04. The number of aliphatic carboxylic acids is 1. The van der Waals surface area contributed by atoms with Gasteiger partial charge in [0, 0.05) is 6.42 Å². The quantitative estimate of drug-likeness (QED) is 0.585. The molecule has 0 aromatic rings. The van der Waals surface area contributed by atoms with Crippen molar-refractivity contribution in [1.82, 2.24) is 5.32 Å². The van der Waals surface area contributed by atoms with Crippen LogP contribution in [0.5, 0.6) is 0 Å². The van der Waals surface area contributed by atoms with Gasteiger partial charge in [0.25, 0.3) is 0 Å². The van der Waals surface area contributed by atoms with Crippen molar-refractivity contribution < 1.29 is 14.7 Å². The van der Waals surface area contributed by atoms with E-state index in [1.165, 1.54) is 6.92 Å². The summed E-state index contributed by atoms with van der Waals surface area (Å²) in [5, 5.41) is 12.6. The first-order valence-electron chi connectivity index (χ1n) is 4.58. The molecule has 0 spiro atoms. The second kappa shape index (κ2) is 6.46. The molecule has 1 unspecified atom stereocenters. The number of unbranched alkanes of at least 4 members (excludes halogenated alkanes) is 2. The fraction of sp³-hybridized carbons (Fsp3) is 0.778. The van der Waals surface area contributed by atoms with Crippen LogP contribution in [0.3, 0.4) is 0 Å². The molecule has 1 amide bonds. The van der Waals surface area contributed by atoms with E-state index in [2.05, 4.69) is 5.32 Å². The molecule has 1 N–H and O–H groups in total. The first-order valence-corrected chi connectivity index (χ1v) is 4.58. The minimum absolute atomic E-state index is 0.217. The first-order chi connectivity index (χ1) is 6.07. The third-order valence-electron chi connectivity index (χ3n) is 1.74. The summed E-state index contributed by atoms with van der Waals surface area (Å²) in [5.41, 5.74) is 0. The number of nitrogens with one attached hydrogen (secondary N) is 1. The molecule has 0 aliphatic rings. The SMILES string of the molecule is CCCCCC(=O)NC(C)C(=O)[O-]. The number of carbonyl (C=O) groups is 2. The van der Waals surface area contributed by atoms with Gasteiger partial charge < -0.3 is 15.2 Å².